The molecule has 0 aliphatic carbocycles. The van der Waals surface area contributed by atoms with E-state index in [0.29, 0.717) is 30.9 Å². The van der Waals surface area contributed by atoms with E-state index in [2.05, 4.69) is 15.3 Å². The first-order chi connectivity index (χ1) is 12.3. The molecule has 0 fully saturated rings. The summed E-state index contributed by atoms with van der Waals surface area (Å²) in [6.45, 7) is 0.517. The van der Waals surface area contributed by atoms with Crippen molar-refractivity contribution >= 4 is 39.5 Å². The number of rotatable bonds is 7. The van der Waals surface area contributed by atoms with Crippen LogP contribution >= 0.6 is 23.5 Å². The number of hydrogen-bond acceptors (Lipinski definition) is 7. The normalized spacial score (nSPS) is 10.2. The molecule has 134 valence electrons. The van der Waals surface area contributed by atoms with Crippen molar-refractivity contribution in [2.45, 2.75) is 6.42 Å². The molecule has 0 saturated carbocycles. The molecule has 2 N–H and O–H groups in total. The summed E-state index contributed by atoms with van der Waals surface area (Å²) >= 11 is 1.95. The van der Waals surface area contributed by atoms with E-state index >= 15 is 0 Å². The molecule has 0 bridgehead atoms. The van der Waals surface area contributed by atoms with Crippen LogP contribution in [-0.4, -0.2) is 41.6 Å². The second-order valence-corrected chi connectivity index (χ2v) is 6.50. The lowest BCUT2D eigenvalue weighted by Crippen LogP contribution is -1.97. The average Bonchev–Trinajstić information content (AvgIpc) is 3.10. The van der Waals surface area contributed by atoms with E-state index in [1.807, 2.05) is 43.6 Å². The Balaban J connectivity index is 0.00000109. The molecule has 0 amide bonds. The maximum atomic E-state index is 12.0. The molecule has 2 aromatic heterocycles. The number of fused-ring (bicyclic) bond motifs is 1. The number of nitrogens with zero attached hydrogens (tertiary/aromatic N) is 2. The molecule has 0 aliphatic heterocycles. The first-order valence-corrected chi connectivity index (χ1v) is 9.36. The monoisotopic (exact) mass is 381 g/mol. The Labute approximate surface area is 154 Å². The second kappa shape index (κ2) is 10.2. The zero-order chi connectivity index (χ0) is 18.1. The van der Waals surface area contributed by atoms with Gasteiger partial charge in [0.15, 0.2) is 0 Å². The number of ether oxygens (including phenoxy) is 1. The summed E-state index contributed by atoms with van der Waals surface area (Å²) in [6, 6.07) is 9.76. The van der Waals surface area contributed by atoms with Crippen molar-refractivity contribution in [1.82, 2.24) is 9.97 Å². The first-order valence-electron chi connectivity index (χ1n) is 7.66. The fraction of sp³-hybridized carbons (Fsp3) is 0.294. The SMILES string of the molecule is CNc1ccc(-c2nc3ccc(OCCCSF)cc3s2)cn1.CO. The van der Waals surface area contributed by atoms with E-state index in [1.54, 1.807) is 11.3 Å². The van der Waals surface area contributed by atoms with E-state index in [-0.39, 0.29) is 0 Å². The van der Waals surface area contributed by atoms with Crippen molar-refractivity contribution in [2.75, 3.05) is 31.8 Å². The van der Waals surface area contributed by atoms with E-state index in [4.69, 9.17) is 9.84 Å². The van der Waals surface area contributed by atoms with Crippen LogP contribution in [0.5, 0.6) is 5.75 Å². The van der Waals surface area contributed by atoms with Crippen LogP contribution < -0.4 is 10.1 Å². The molecule has 2 heterocycles. The fourth-order valence-electron chi connectivity index (χ4n) is 2.09. The Hall–Kier alpha value is -1.90. The predicted octanol–water partition coefficient (Wildman–Crippen LogP) is 4.40. The number of benzene rings is 1. The maximum absolute atomic E-state index is 12.0. The van der Waals surface area contributed by atoms with E-state index < -0.39 is 0 Å². The van der Waals surface area contributed by atoms with Crippen molar-refractivity contribution in [3.8, 4) is 16.3 Å². The van der Waals surface area contributed by atoms with E-state index in [1.165, 1.54) is 0 Å². The molecule has 3 rings (SSSR count). The van der Waals surface area contributed by atoms with Crippen LogP contribution in [0.3, 0.4) is 0 Å². The average molecular weight is 381 g/mol. The molecule has 0 atom stereocenters. The van der Waals surface area contributed by atoms with Gasteiger partial charge in [0.05, 0.1) is 16.8 Å². The molecular formula is C17H20FN3O2S2. The molecule has 0 saturated heterocycles. The van der Waals surface area contributed by atoms with Gasteiger partial charge in [0.2, 0.25) is 0 Å². The van der Waals surface area contributed by atoms with Gasteiger partial charge in [-0.1, -0.05) is 0 Å². The maximum Gasteiger partial charge on any atom is 0.126 e. The quantitative estimate of drug-likeness (QED) is 0.592. The third-order valence-corrected chi connectivity index (χ3v) is 4.77. The minimum Gasteiger partial charge on any atom is -0.494 e. The zero-order valence-electron chi connectivity index (χ0n) is 14.0. The van der Waals surface area contributed by atoms with Crippen molar-refractivity contribution in [2.24, 2.45) is 0 Å². The lowest BCUT2D eigenvalue weighted by molar-refractivity contribution is 0.319. The number of nitrogens with one attached hydrogen (secondary N) is 1. The molecule has 3 aromatic rings. The lowest BCUT2D eigenvalue weighted by Gasteiger charge is -2.04. The van der Waals surface area contributed by atoms with E-state index in [9.17, 15) is 3.89 Å². The van der Waals surface area contributed by atoms with Crippen molar-refractivity contribution < 1.29 is 13.7 Å². The summed E-state index contributed by atoms with van der Waals surface area (Å²) in [7, 11) is 2.84. The molecule has 0 aliphatic rings. The Morgan fingerprint density at radius 1 is 1.28 bits per heavy atom. The standard InChI is InChI=1S/C16H16FN3OS2.CH4O/c1-18-15-6-3-11(10-19-15)16-20-13-5-4-12(9-14(13)23-16)21-7-2-8-22-17;1-2/h3-6,9-10H,2,7-8H2,1H3,(H,18,19);2H,1H3. The van der Waals surface area contributed by atoms with Crippen LogP contribution in [0, 0.1) is 0 Å². The van der Waals surface area contributed by atoms with Crippen molar-refractivity contribution in [3.05, 3.63) is 36.5 Å². The van der Waals surface area contributed by atoms with Gasteiger partial charge in [0.1, 0.15) is 16.6 Å². The number of aliphatic hydroxyl groups excluding tert-OH is 1. The molecule has 25 heavy (non-hydrogen) atoms. The van der Waals surface area contributed by atoms with Crippen LogP contribution in [0.4, 0.5) is 9.70 Å². The van der Waals surface area contributed by atoms with Gasteiger partial charge in [-0.3, -0.25) is 0 Å². The highest BCUT2D eigenvalue weighted by Crippen LogP contribution is 2.32. The fourth-order valence-corrected chi connectivity index (χ4v) is 3.30. The summed E-state index contributed by atoms with van der Waals surface area (Å²) in [4.78, 5) is 8.96. The molecule has 8 heteroatoms. The lowest BCUT2D eigenvalue weighted by atomic mass is 10.3. The topological polar surface area (TPSA) is 67.3 Å². The smallest absolute Gasteiger partial charge is 0.126 e. The summed E-state index contributed by atoms with van der Waals surface area (Å²) in [6.07, 6.45) is 2.51. The van der Waals surface area contributed by atoms with Gasteiger partial charge < -0.3 is 15.2 Å². The number of halogens is 1. The minimum absolute atomic E-state index is 0.344. The van der Waals surface area contributed by atoms with Crippen LogP contribution in [-0.2, 0) is 0 Å². The van der Waals surface area contributed by atoms with Crippen LogP contribution in [0.15, 0.2) is 36.5 Å². The highest BCUT2D eigenvalue weighted by atomic mass is 32.2. The van der Waals surface area contributed by atoms with Gasteiger partial charge in [0.25, 0.3) is 0 Å². The van der Waals surface area contributed by atoms with Gasteiger partial charge in [-0.25, -0.2) is 9.97 Å². The Kier molecular flexibility index (Phi) is 7.90. The summed E-state index contributed by atoms with van der Waals surface area (Å²) in [5.41, 5.74) is 1.93. The number of aliphatic hydroxyl groups is 1. The number of anilines is 1. The molecule has 0 spiro atoms. The molecule has 5 nitrogen and oxygen atoms in total. The Morgan fingerprint density at radius 3 is 2.80 bits per heavy atom. The Morgan fingerprint density at radius 2 is 2.12 bits per heavy atom. The highest BCUT2D eigenvalue weighted by molar-refractivity contribution is 7.94. The minimum atomic E-state index is 0.344. The third kappa shape index (κ3) is 5.29. The van der Waals surface area contributed by atoms with Crippen LogP contribution in [0.2, 0.25) is 0 Å². The first kappa shape index (κ1) is 19.4. The summed E-state index contributed by atoms with van der Waals surface area (Å²) < 4.78 is 18.7. The zero-order valence-corrected chi connectivity index (χ0v) is 15.7. The summed E-state index contributed by atoms with van der Waals surface area (Å²) in [5, 5.41) is 10.9. The molecular weight excluding hydrogens is 361 g/mol. The van der Waals surface area contributed by atoms with Gasteiger partial charge >= 0.3 is 0 Å². The van der Waals surface area contributed by atoms with Gasteiger partial charge in [0, 0.05) is 43.8 Å². The van der Waals surface area contributed by atoms with Gasteiger partial charge in [-0.15, -0.1) is 11.3 Å². The number of thiazole rings is 1. The number of hydrogen-bond donors (Lipinski definition) is 2. The molecule has 0 radical (unpaired) electrons. The predicted molar refractivity (Wildman–Crippen MR) is 104 cm³/mol. The summed E-state index contributed by atoms with van der Waals surface area (Å²) in [5.74, 6) is 2.08. The van der Waals surface area contributed by atoms with Crippen molar-refractivity contribution in [1.29, 1.82) is 0 Å². The Bertz CT molecular complexity index is 781. The largest absolute Gasteiger partial charge is 0.494 e. The molecule has 0 unspecified atom stereocenters. The van der Waals surface area contributed by atoms with Gasteiger partial charge in [-0.2, -0.15) is 3.89 Å². The van der Waals surface area contributed by atoms with Crippen LogP contribution in [0.25, 0.3) is 20.8 Å². The molecule has 1 aromatic carbocycles. The number of pyridine rings is 1. The van der Waals surface area contributed by atoms with E-state index in [0.717, 1.165) is 39.5 Å². The van der Waals surface area contributed by atoms with Crippen molar-refractivity contribution in [3.63, 3.8) is 0 Å². The second-order valence-electron chi connectivity index (χ2n) is 4.85. The highest BCUT2D eigenvalue weighted by Gasteiger charge is 2.08. The third-order valence-electron chi connectivity index (χ3n) is 3.26. The van der Waals surface area contributed by atoms with Crippen LogP contribution in [0.1, 0.15) is 6.42 Å². The van der Waals surface area contributed by atoms with Gasteiger partial charge in [-0.05, 0) is 36.8 Å². The number of aromatic nitrogens is 2.